The van der Waals surface area contributed by atoms with Crippen molar-refractivity contribution in [3.8, 4) is 0 Å². The third kappa shape index (κ3) is 21.9. The van der Waals surface area contributed by atoms with Gasteiger partial charge in [-0.2, -0.15) is 0 Å². The van der Waals surface area contributed by atoms with Crippen LogP contribution < -0.4 is 60.6 Å². The summed E-state index contributed by atoms with van der Waals surface area (Å²) in [7, 11) is 0. The Morgan fingerprint density at radius 2 is 0.864 bits per heavy atom. The van der Waals surface area contributed by atoms with Crippen LogP contribution in [0.25, 0.3) is 0 Å². The topological polar surface area (TPSA) is 387 Å². The van der Waals surface area contributed by atoms with Gasteiger partial charge in [-0.1, -0.05) is 55.4 Å². The number of hydrogen-bond donors (Lipinski definition) is 13. The van der Waals surface area contributed by atoms with E-state index in [1.54, 1.807) is 41.5 Å². The molecule has 0 bridgehead atoms. The van der Waals surface area contributed by atoms with Gasteiger partial charge < -0.3 is 70.8 Å². The van der Waals surface area contributed by atoms with Gasteiger partial charge in [-0.3, -0.25) is 38.8 Å². The van der Waals surface area contributed by atoms with Crippen LogP contribution in [0.4, 0.5) is 0 Å². The first kappa shape index (κ1) is 53.8. The zero-order chi connectivity index (χ0) is 45.6. The normalized spacial score (nSPS) is 14.8. The number of carboxylic acids is 1. The van der Waals surface area contributed by atoms with Crippen molar-refractivity contribution in [3.63, 3.8) is 0 Å². The van der Waals surface area contributed by atoms with E-state index in [2.05, 4.69) is 41.9 Å². The summed E-state index contributed by atoms with van der Waals surface area (Å²) >= 11 is 0. The number of nitrogens with zero attached hydrogens (tertiary/aromatic N) is 2. The van der Waals surface area contributed by atoms with E-state index >= 15 is 0 Å². The maximum Gasteiger partial charge on any atom is 0.328 e. The molecule has 0 aliphatic heterocycles. The lowest BCUT2D eigenvalue weighted by molar-refractivity contribution is -0.143. The number of aliphatic hydroxyl groups excluding tert-OH is 1. The van der Waals surface area contributed by atoms with Crippen LogP contribution in [0.3, 0.4) is 0 Å². The van der Waals surface area contributed by atoms with Crippen molar-refractivity contribution in [2.24, 2.45) is 62.3 Å². The van der Waals surface area contributed by atoms with E-state index in [0.717, 1.165) is 0 Å². The average molecular weight is 842 g/mol. The maximum absolute atomic E-state index is 13.9. The largest absolute Gasteiger partial charge is 0.480 e. The van der Waals surface area contributed by atoms with E-state index < -0.39 is 96.2 Å². The molecule has 0 aromatic carbocycles. The van der Waals surface area contributed by atoms with Gasteiger partial charge in [0, 0.05) is 13.1 Å². The van der Waals surface area contributed by atoms with Crippen molar-refractivity contribution in [1.29, 1.82) is 0 Å². The van der Waals surface area contributed by atoms with E-state index in [1.807, 2.05) is 13.8 Å². The molecular weight excluding hydrogens is 770 g/mol. The second kappa shape index (κ2) is 27.4. The van der Waals surface area contributed by atoms with Crippen LogP contribution in [0.5, 0.6) is 0 Å². The molecule has 0 unspecified atom stereocenters. The molecular formula is C37H71N13O9. The quantitative estimate of drug-likeness (QED) is 0.0210. The van der Waals surface area contributed by atoms with Crippen molar-refractivity contribution < 1.29 is 43.8 Å². The Hall–Kier alpha value is -5.25. The van der Waals surface area contributed by atoms with Crippen molar-refractivity contribution in [2.75, 3.05) is 19.7 Å². The van der Waals surface area contributed by atoms with Gasteiger partial charge >= 0.3 is 5.97 Å². The lowest BCUT2D eigenvalue weighted by atomic mass is 9.98. The van der Waals surface area contributed by atoms with Crippen LogP contribution in [0.1, 0.15) is 93.9 Å². The van der Waals surface area contributed by atoms with Crippen molar-refractivity contribution in [3.05, 3.63) is 0 Å². The minimum atomic E-state index is -1.64. The molecule has 18 N–H and O–H groups in total. The average Bonchev–Trinajstić information content (AvgIpc) is 3.12. The fourth-order valence-corrected chi connectivity index (χ4v) is 5.57. The summed E-state index contributed by atoms with van der Waals surface area (Å²) in [4.78, 5) is 100. The third-order valence-corrected chi connectivity index (χ3v) is 8.90. The molecule has 0 aromatic heterocycles. The van der Waals surface area contributed by atoms with Crippen molar-refractivity contribution in [1.82, 2.24) is 31.9 Å². The minimum Gasteiger partial charge on any atom is -0.480 e. The van der Waals surface area contributed by atoms with Gasteiger partial charge in [-0.15, -0.1) is 0 Å². The second-order valence-corrected chi connectivity index (χ2v) is 16.0. The summed E-state index contributed by atoms with van der Waals surface area (Å²) in [5, 5.41) is 34.3. The summed E-state index contributed by atoms with van der Waals surface area (Å²) in [6.07, 6.45) is 0.829. The van der Waals surface area contributed by atoms with Gasteiger partial charge in [-0.05, 0) is 62.2 Å². The number of aliphatic carboxylic acids is 1. The van der Waals surface area contributed by atoms with E-state index in [1.165, 1.54) is 0 Å². The molecule has 0 saturated carbocycles. The van der Waals surface area contributed by atoms with Crippen LogP contribution in [0.15, 0.2) is 9.98 Å². The summed E-state index contributed by atoms with van der Waals surface area (Å²) < 4.78 is 0. The number of carbonyl (C=O) groups excluding carboxylic acids is 6. The first-order chi connectivity index (χ1) is 27.4. The Morgan fingerprint density at radius 1 is 0.508 bits per heavy atom. The highest BCUT2D eigenvalue weighted by molar-refractivity contribution is 5.97. The Balaban J connectivity index is 6.38. The van der Waals surface area contributed by atoms with Gasteiger partial charge in [0.25, 0.3) is 0 Å². The smallest absolute Gasteiger partial charge is 0.328 e. The van der Waals surface area contributed by atoms with Gasteiger partial charge in [-0.25, -0.2) is 4.79 Å². The number of aliphatic hydroxyl groups is 1. The standard InChI is InChI=1S/C37H71N13O9/c1-18(2)15-24(31(54)45-22(11-9-13-43-36(39)40)29(52)49-26(17-51)35(58)59)47-32(55)25(16-19(3)4)48-34(57)28(21(7)8)50-30(53)23(12-10-14-44-37(41)42)46-33(56)27(38)20(5)6/h18-28,51H,9-17,38H2,1-8H3,(H,45,54)(H,46,56)(H,47,55)(H,48,57)(H,49,52)(H,50,53)(H,58,59)(H4,39,40,43)(H4,41,42,44)/t22-,23-,24-,25-,26-,27-,28-/m0/s1. The molecule has 22 nitrogen and oxygen atoms in total. The highest BCUT2D eigenvalue weighted by Gasteiger charge is 2.35. The number of aliphatic imine (C=N–C) groups is 2. The number of amides is 6. The van der Waals surface area contributed by atoms with E-state index in [0.29, 0.717) is 6.42 Å². The molecule has 59 heavy (non-hydrogen) atoms. The molecule has 22 heteroatoms. The van der Waals surface area contributed by atoms with Gasteiger partial charge in [0.2, 0.25) is 35.4 Å². The molecule has 0 saturated heterocycles. The molecule has 0 fully saturated rings. The van der Waals surface area contributed by atoms with Gasteiger partial charge in [0.05, 0.1) is 12.6 Å². The van der Waals surface area contributed by atoms with E-state index in [9.17, 15) is 43.8 Å². The minimum absolute atomic E-state index is 0.0336. The fourth-order valence-electron chi connectivity index (χ4n) is 5.57. The number of hydrogen-bond acceptors (Lipinski definition) is 11. The number of nitrogens with one attached hydrogen (secondary N) is 6. The number of carbonyl (C=O) groups is 7. The lowest BCUT2D eigenvalue weighted by Gasteiger charge is -2.29. The summed E-state index contributed by atoms with van der Waals surface area (Å²) in [5.41, 5.74) is 27.6. The highest BCUT2D eigenvalue weighted by atomic mass is 16.4. The molecule has 0 radical (unpaired) electrons. The van der Waals surface area contributed by atoms with Gasteiger partial charge in [0.15, 0.2) is 11.9 Å². The Morgan fingerprint density at radius 3 is 1.22 bits per heavy atom. The predicted octanol–water partition coefficient (Wildman–Crippen LogP) is -3.19. The summed E-state index contributed by atoms with van der Waals surface area (Å²) in [5.74, 6) is -7.12. The van der Waals surface area contributed by atoms with Crippen LogP contribution in [0, 0.1) is 23.7 Å². The van der Waals surface area contributed by atoms with E-state index in [-0.39, 0.29) is 74.9 Å². The van der Waals surface area contributed by atoms with Crippen molar-refractivity contribution in [2.45, 2.75) is 136 Å². The van der Waals surface area contributed by atoms with Gasteiger partial charge in [0.1, 0.15) is 36.3 Å². The first-order valence-corrected chi connectivity index (χ1v) is 19.9. The summed E-state index contributed by atoms with van der Waals surface area (Å²) in [6, 6.07) is -8.51. The van der Waals surface area contributed by atoms with E-state index in [4.69, 9.17) is 28.7 Å². The predicted molar refractivity (Wildman–Crippen MR) is 223 cm³/mol. The fraction of sp³-hybridized carbons (Fsp3) is 0.757. The SMILES string of the molecule is CC(C)C[C@H](NC(=O)[C@H](CC(C)C)NC(=O)[C@@H](NC(=O)[C@H](CCCN=C(N)N)NC(=O)[C@@H](N)C(C)C)C(C)C)C(=O)N[C@@H](CCCN=C(N)N)C(=O)N[C@@H](CO)C(=O)O. The number of guanidine groups is 2. The Kier molecular flexibility index (Phi) is 25.0. The number of nitrogens with two attached hydrogens (primary N) is 5. The molecule has 6 amide bonds. The second-order valence-electron chi connectivity index (χ2n) is 16.0. The van der Waals surface area contributed by atoms with Crippen LogP contribution in [0.2, 0.25) is 0 Å². The summed E-state index contributed by atoms with van der Waals surface area (Å²) in [6.45, 7) is 13.5. The Labute approximate surface area is 346 Å². The molecule has 0 spiro atoms. The monoisotopic (exact) mass is 842 g/mol. The zero-order valence-electron chi connectivity index (χ0n) is 35.7. The number of carboxylic acid groups (broad SMARTS) is 1. The molecule has 338 valence electrons. The Bertz CT molecular complexity index is 1450. The van der Waals surface area contributed by atoms with Crippen LogP contribution in [-0.4, -0.2) is 126 Å². The van der Waals surface area contributed by atoms with Crippen LogP contribution >= 0.6 is 0 Å². The molecule has 7 atom stereocenters. The highest BCUT2D eigenvalue weighted by Crippen LogP contribution is 2.13. The molecule has 0 heterocycles. The first-order valence-electron chi connectivity index (χ1n) is 19.9. The molecule has 0 aliphatic rings. The van der Waals surface area contributed by atoms with Crippen molar-refractivity contribution >= 4 is 53.3 Å². The lowest BCUT2D eigenvalue weighted by Crippen LogP contribution is -2.61. The molecule has 0 aromatic rings. The third-order valence-electron chi connectivity index (χ3n) is 8.90. The molecule has 0 rings (SSSR count). The van der Waals surface area contributed by atoms with Crippen LogP contribution in [-0.2, 0) is 33.6 Å². The maximum atomic E-state index is 13.9. The zero-order valence-corrected chi connectivity index (χ0v) is 35.7. The number of rotatable bonds is 28. The molecule has 0 aliphatic carbocycles.